The Kier molecular flexibility index (Phi) is 5.86. The Labute approximate surface area is 118 Å². The normalized spacial score (nSPS) is 12.6. The highest BCUT2D eigenvalue weighted by atomic mass is 79.9. The largest absolute Gasteiger partial charge is 0.497 e. The summed E-state index contributed by atoms with van der Waals surface area (Å²) < 4.78 is 5.24. The van der Waals surface area contributed by atoms with Crippen molar-refractivity contribution in [3.05, 3.63) is 29.3 Å². The molecular formula is C15H21BrO2. The lowest BCUT2D eigenvalue weighted by Crippen LogP contribution is -2.16. The van der Waals surface area contributed by atoms with Crippen molar-refractivity contribution in [2.45, 2.75) is 38.4 Å². The second-order valence-electron chi connectivity index (χ2n) is 4.88. The Bertz CT molecular complexity index is 391. The summed E-state index contributed by atoms with van der Waals surface area (Å²) in [5, 5.41) is 0. The SMILES string of the molecule is CCc1cc(OC)cc(C(=O)C(Br)CC(C)C)c1. The molecule has 0 aliphatic rings. The highest BCUT2D eigenvalue weighted by molar-refractivity contribution is 9.10. The van der Waals surface area contributed by atoms with E-state index in [4.69, 9.17) is 4.74 Å². The van der Waals surface area contributed by atoms with Gasteiger partial charge in [-0.3, -0.25) is 4.79 Å². The zero-order valence-electron chi connectivity index (χ0n) is 11.5. The summed E-state index contributed by atoms with van der Waals surface area (Å²) in [6.07, 6.45) is 1.74. The predicted molar refractivity (Wildman–Crippen MR) is 78.9 cm³/mol. The molecule has 1 unspecified atom stereocenters. The zero-order chi connectivity index (χ0) is 13.7. The predicted octanol–water partition coefficient (Wildman–Crippen LogP) is 4.25. The lowest BCUT2D eigenvalue weighted by Gasteiger charge is -2.13. The van der Waals surface area contributed by atoms with E-state index in [1.54, 1.807) is 7.11 Å². The quantitative estimate of drug-likeness (QED) is 0.580. The third-order valence-corrected chi connectivity index (χ3v) is 3.65. The maximum Gasteiger partial charge on any atom is 0.176 e. The fourth-order valence-corrected chi connectivity index (χ4v) is 2.84. The molecule has 0 radical (unpaired) electrons. The van der Waals surface area contributed by atoms with Crippen molar-refractivity contribution in [3.63, 3.8) is 0 Å². The van der Waals surface area contributed by atoms with Crippen molar-refractivity contribution >= 4 is 21.7 Å². The molecule has 1 rings (SSSR count). The molecule has 0 saturated carbocycles. The van der Waals surface area contributed by atoms with Crippen LogP contribution in [0.15, 0.2) is 18.2 Å². The van der Waals surface area contributed by atoms with Crippen molar-refractivity contribution in [2.75, 3.05) is 7.11 Å². The van der Waals surface area contributed by atoms with Crippen LogP contribution in [0.1, 0.15) is 43.1 Å². The van der Waals surface area contributed by atoms with E-state index >= 15 is 0 Å². The second-order valence-corrected chi connectivity index (χ2v) is 5.99. The number of benzene rings is 1. The molecule has 0 bridgehead atoms. The number of rotatable bonds is 6. The lowest BCUT2D eigenvalue weighted by molar-refractivity contribution is 0.0984. The van der Waals surface area contributed by atoms with Gasteiger partial charge in [-0.15, -0.1) is 0 Å². The van der Waals surface area contributed by atoms with Crippen LogP contribution in [0.5, 0.6) is 5.75 Å². The molecule has 0 heterocycles. The van der Waals surface area contributed by atoms with Gasteiger partial charge in [-0.2, -0.15) is 0 Å². The van der Waals surface area contributed by atoms with Crippen molar-refractivity contribution < 1.29 is 9.53 Å². The first-order chi connectivity index (χ1) is 8.47. The molecule has 18 heavy (non-hydrogen) atoms. The summed E-state index contributed by atoms with van der Waals surface area (Å²) >= 11 is 3.48. The molecule has 0 spiro atoms. The number of ketones is 1. The van der Waals surface area contributed by atoms with E-state index in [2.05, 4.69) is 36.7 Å². The highest BCUT2D eigenvalue weighted by Gasteiger charge is 2.19. The van der Waals surface area contributed by atoms with Crippen LogP contribution >= 0.6 is 15.9 Å². The van der Waals surface area contributed by atoms with Crippen molar-refractivity contribution in [1.29, 1.82) is 0 Å². The second kappa shape index (κ2) is 6.93. The Morgan fingerprint density at radius 3 is 2.50 bits per heavy atom. The molecule has 0 N–H and O–H groups in total. The van der Waals surface area contributed by atoms with Gasteiger partial charge in [0.15, 0.2) is 5.78 Å². The van der Waals surface area contributed by atoms with E-state index in [1.165, 1.54) is 0 Å². The molecule has 0 aliphatic carbocycles. The first kappa shape index (κ1) is 15.2. The molecule has 0 fully saturated rings. The summed E-state index contributed by atoms with van der Waals surface area (Å²) in [6, 6.07) is 5.75. The van der Waals surface area contributed by atoms with Gasteiger partial charge in [-0.05, 0) is 42.5 Å². The highest BCUT2D eigenvalue weighted by Crippen LogP contribution is 2.23. The number of carbonyl (C=O) groups is 1. The number of carbonyl (C=O) groups excluding carboxylic acids is 1. The Morgan fingerprint density at radius 2 is 2.00 bits per heavy atom. The Balaban J connectivity index is 2.97. The minimum atomic E-state index is -0.116. The summed E-state index contributed by atoms with van der Waals surface area (Å²) in [7, 11) is 1.63. The third-order valence-electron chi connectivity index (χ3n) is 2.86. The number of aryl methyl sites for hydroxylation is 1. The molecular weight excluding hydrogens is 292 g/mol. The average molecular weight is 313 g/mol. The maximum atomic E-state index is 12.3. The molecule has 3 heteroatoms. The van der Waals surface area contributed by atoms with Crippen LogP contribution in [0, 0.1) is 5.92 Å². The number of hydrogen-bond donors (Lipinski definition) is 0. The fraction of sp³-hybridized carbons (Fsp3) is 0.533. The van der Waals surface area contributed by atoms with Gasteiger partial charge in [0.05, 0.1) is 11.9 Å². The summed E-state index contributed by atoms with van der Waals surface area (Å²) in [5.74, 6) is 1.38. The van der Waals surface area contributed by atoms with Crippen molar-refractivity contribution in [3.8, 4) is 5.75 Å². The van der Waals surface area contributed by atoms with Gasteiger partial charge in [0.25, 0.3) is 0 Å². The lowest BCUT2D eigenvalue weighted by atomic mass is 9.99. The first-order valence-electron chi connectivity index (χ1n) is 6.34. The number of halogens is 1. The minimum Gasteiger partial charge on any atom is -0.497 e. The minimum absolute atomic E-state index is 0.116. The Morgan fingerprint density at radius 1 is 1.33 bits per heavy atom. The number of ether oxygens (including phenoxy) is 1. The van der Waals surface area contributed by atoms with Crippen molar-refractivity contribution in [2.24, 2.45) is 5.92 Å². The van der Waals surface area contributed by atoms with Crippen LogP contribution in [0.25, 0.3) is 0 Å². The van der Waals surface area contributed by atoms with E-state index < -0.39 is 0 Å². The molecule has 0 aromatic heterocycles. The van der Waals surface area contributed by atoms with Gasteiger partial charge in [0.2, 0.25) is 0 Å². The van der Waals surface area contributed by atoms with Gasteiger partial charge >= 0.3 is 0 Å². The van der Waals surface area contributed by atoms with Crippen LogP contribution in [0.3, 0.4) is 0 Å². The van der Waals surface area contributed by atoms with Gasteiger partial charge in [0.1, 0.15) is 5.75 Å². The topological polar surface area (TPSA) is 26.3 Å². The Hall–Kier alpha value is -0.830. The van der Waals surface area contributed by atoms with Crippen LogP contribution in [0.4, 0.5) is 0 Å². The molecule has 1 aromatic rings. The van der Waals surface area contributed by atoms with Crippen molar-refractivity contribution in [1.82, 2.24) is 0 Å². The van der Waals surface area contributed by atoms with Gasteiger partial charge < -0.3 is 4.74 Å². The van der Waals surface area contributed by atoms with E-state index in [0.29, 0.717) is 5.92 Å². The first-order valence-corrected chi connectivity index (χ1v) is 7.25. The average Bonchev–Trinajstić information content (AvgIpc) is 2.36. The number of Topliss-reactive ketones (excluding diaryl/α,β-unsaturated/α-hetero) is 1. The number of hydrogen-bond acceptors (Lipinski definition) is 2. The molecule has 2 nitrogen and oxygen atoms in total. The standard InChI is InChI=1S/C15H21BrO2/c1-5-11-7-12(9-13(8-11)18-4)15(17)14(16)6-10(2)3/h7-10,14H,5-6H2,1-4H3. The van der Waals surface area contributed by atoms with E-state index in [9.17, 15) is 4.79 Å². The zero-order valence-corrected chi connectivity index (χ0v) is 13.1. The fourth-order valence-electron chi connectivity index (χ4n) is 1.83. The third kappa shape index (κ3) is 4.13. The molecule has 0 amide bonds. The molecule has 0 aliphatic heterocycles. The summed E-state index contributed by atoms with van der Waals surface area (Å²) in [5.41, 5.74) is 1.86. The smallest absolute Gasteiger partial charge is 0.176 e. The summed E-state index contributed by atoms with van der Waals surface area (Å²) in [4.78, 5) is 12.2. The van der Waals surface area contributed by atoms with Crippen LogP contribution in [0.2, 0.25) is 0 Å². The van der Waals surface area contributed by atoms with E-state index in [1.807, 2.05) is 18.2 Å². The molecule has 100 valence electrons. The van der Waals surface area contributed by atoms with E-state index in [-0.39, 0.29) is 10.6 Å². The number of methoxy groups -OCH3 is 1. The van der Waals surface area contributed by atoms with Gasteiger partial charge in [-0.25, -0.2) is 0 Å². The summed E-state index contributed by atoms with van der Waals surface area (Å²) in [6.45, 7) is 6.30. The molecule has 0 saturated heterocycles. The van der Waals surface area contributed by atoms with Gasteiger partial charge in [-0.1, -0.05) is 36.7 Å². The molecule has 1 aromatic carbocycles. The monoisotopic (exact) mass is 312 g/mol. The van der Waals surface area contributed by atoms with Crippen LogP contribution < -0.4 is 4.74 Å². The van der Waals surface area contributed by atoms with Crippen LogP contribution in [-0.2, 0) is 6.42 Å². The van der Waals surface area contributed by atoms with E-state index in [0.717, 1.165) is 29.7 Å². The maximum absolute atomic E-state index is 12.3. The van der Waals surface area contributed by atoms with Crippen LogP contribution in [-0.4, -0.2) is 17.7 Å². The number of alkyl halides is 1. The molecule has 1 atom stereocenters. The van der Waals surface area contributed by atoms with Gasteiger partial charge in [0, 0.05) is 5.56 Å².